The number of benzene rings is 1. The van der Waals surface area contributed by atoms with Crippen molar-refractivity contribution in [3.05, 3.63) is 34.9 Å². The van der Waals surface area contributed by atoms with Crippen molar-refractivity contribution >= 4 is 11.9 Å². The summed E-state index contributed by atoms with van der Waals surface area (Å²) >= 11 is 0. The number of rotatable bonds is 4. The monoisotopic (exact) mass is 236 g/mol. The Bertz CT molecular complexity index is 423. The summed E-state index contributed by atoms with van der Waals surface area (Å²) in [5.74, 6) is -0.867. The lowest BCUT2D eigenvalue weighted by atomic mass is 10.0. The van der Waals surface area contributed by atoms with Crippen LogP contribution in [-0.2, 0) is 15.9 Å². The van der Waals surface area contributed by atoms with E-state index in [4.69, 9.17) is 4.74 Å². The molecule has 17 heavy (non-hydrogen) atoms. The Morgan fingerprint density at radius 2 is 1.88 bits per heavy atom. The van der Waals surface area contributed by atoms with E-state index in [0.717, 1.165) is 5.56 Å². The largest absolute Gasteiger partial charge is 0.465 e. The van der Waals surface area contributed by atoms with Gasteiger partial charge in [0.25, 0.3) is 0 Å². The minimum Gasteiger partial charge on any atom is -0.465 e. The molecule has 1 aromatic carbocycles. The third kappa shape index (κ3) is 3.06. The second-order valence-corrected chi connectivity index (χ2v) is 3.44. The number of hydrogen-bond acceptors (Lipinski definition) is 4. The van der Waals surface area contributed by atoms with Crippen molar-refractivity contribution < 1.29 is 19.1 Å². The van der Waals surface area contributed by atoms with Gasteiger partial charge in [0.1, 0.15) is 0 Å². The second-order valence-electron chi connectivity index (χ2n) is 3.44. The molecule has 1 aromatic rings. The summed E-state index contributed by atoms with van der Waals surface area (Å²) < 4.78 is 9.56. The fourth-order valence-corrected chi connectivity index (χ4v) is 1.53. The molecule has 0 saturated heterocycles. The van der Waals surface area contributed by atoms with E-state index in [2.05, 4.69) is 4.74 Å². The molecule has 0 aliphatic heterocycles. The highest BCUT2D eigenvalue weighted by atomic mass is 16.5. The third-order valence-corrected chi connectivity index (χ3v) is 2.41. The van der Waals surface area contributed by atoms with Crippen molar-refractivity contribution in [2.45, 2.75) is 20.3 Å². The smallest absolute Gasteiger partial charge is 0.338 e. The Hall–Kier alpha value is -1.84. The minimum absolute atomic E-state index is 0.307. The molecule has 92 valence electrons. The lowest BCUT2D eigenvalue weighted by Crippen LogP contribution is -2.10. The predicted molar refractivity (Wildman–Crippen MR) is 63.1 cm³/mol. The molecular formula is C13H16O4. The molecule has 0 bridgehead atoms. The number of ether oxygens (including phenoxy) is 2. The van der Waals surface area contributed by atoms with Crippen molar-refractivity contribution in [1.82, 2.24) is 0 Å². The first-order valence-electron chi connectivity index (χ1n) is 5.52. The van der Waals surface area contributed by atoms with E-state index in [1.165, 1.54) is 13.2 Å². The van der Waals surface area contributed by atoms with Crippen LogP contribution in [0, 0.1) is 0 Å². The number of hydrogen-bond donors (Lipinski definition) is 0. The third-order valence-electron chi connectivity index (χ3n) is 2.41. The maximum absolute atomic E-state index is 11.6. The summed E-state index contributed by atoms with van der Waals surface area (Å²) in [6, 6.07) is 4.92. The zero-order valence-electron chi connectivity index (χ0n) is 10.3. The van der Waals surface area contributed by atoms with Gasteiger partial charge in [0.05, 0.1) is 24.8 Å². The van der Waals surface area contributed by atoms with E-state index >= 15 is 0 Å². The molecule has 4 nitrogen and oxygen atoms in total. The maximum atomic E-state index is 11.6. The molecule has 0 unspecified atom stereocenters. The van der Waals surface area contributed by atoms with Gasteiger partial charge in [-0.2, -0.15) is 0 Å². The Morgan fingerprint density at radius 1 is 1.18 bits per heavy atom. The lowest BCUT2D eigenvalue weighted by molar-refractivity contribution is 0.0526. The van der Waals surface area contributed by atoms with Crippen LogP contribution in [0.2, 0.25) is 0 Å². The molecule has 0 heterocycles. The average Bonchev–Trinajstić information content (AvgIpc) is 2.37. The van der Waals surface area contributed by atoms with Crippen LogP contribution in [0.25, 0.3) is 0 Å². The highest BCUT2D eigenvalue weighted by molar-refractivity contribution is 5.96. The van der Waals surface area contributed by atoms with E-state index in [9.17, 15) is 9.59 Å². The Labute approximate surface area is 101 Å². The van der Waals surface area contributed by atoms with Gasteiger partial charge in [0, 0.05) is 0 Å². The van der Waals surface area contributed by atoms with Crippen LogP contribution >= 0.6 is 0 Å². The molecule has 0 aliphatic carbocycles. The molecule has 0 N–H and O–H groups in total. The van der Waals surface area contributed by atoms with Crippen molar-refractivity contribution in [1.29, 1.82) is 0 Å². The number of aryl methyl sites for hydroxylation is 1. The summed E-state index contributed by atoms with van der Waals surface area (Å²) in [6.45, 7) is 3.98. The first kappa shape index (κ1) is 13.2. The topological polar surface area (TPSA) is 52.6 Å². The lowest BCUT2D eigenvalue weighted by Gasteiger charge is -2.08. The van der Waals surface area contributed by atoms with Gasteiger partial charge in [-0.1, -0.05) is 13.0 Å². The fraction of sp³-hybridized carbons (Fsp3) is 0.385. The first-order chi connectivity index (χ1) is 8.13. The number of methoxy groups -OCH3 is 1. The molecular weight excluding hydrogens is 220 g/mol. The van der Waals surface area contributed by atoms with Crippen LogP contribution in [0.15, 0.2) is 18.2 Å². The van der Waals surface area contributed by atoms with E-state index in [0.29, 0.717) is 24.2 Å². The van der Waals surface area contributed by atoms with E-state index in [-0.39, 0.29) is 0 Å². The Morgan fingerprint density at radius 3 is 2.41 bits per heavy atom. The molecule has 0 atom stereocenters. The normalized spacial score (nSPS) is 9.82. The highest BCUT2D eigenvalue weighted by Gasteiger charge is 2.15. The van der Waals surface area contributed by atoms with Gasteiger partial charge in [-0.25, -0.2) is 9.59 Å². The van der Waals surface area contributed by atoms with E-state index in [1.807, 2.05) is 6.92 Å². The quantitative estimate of drug-likeness (QED) is 0.752. The predicted octanol–water partition coefficient (Wildman–Crippen LogP) is 2.21. The molecule has 0 amide bonds. The summed E-state index contributed by atoms with van der Waals surface area (Å²) in [4.78, 5) is 23.1. The molecule has 0 saturated carbocycles. The van der Waals surface area contributed by atoms with Gasteiger partial charge in [-0.3, -0.25) is 0 Å². The van der Waals surface area contributed by atoms with Crippen LogP contribution in [0.4, 0.5) is 0 Å². The summed E-state index contributed by atoms with van der Waals surface area (Å²) in [5, 5.41) is 0. The second kappa shape index (κ2) is 6.03. The number of esters is 2. The number of carbonyl (C=O) groups is 2. The number of carbonyl (C=O) groups excluding carboxylic acids is 2. The van der Waals surface area contributed by atoms with Crippen LogP contribution in [0.1, 0.15) is 40.1 Å². The summed E-state index contributed by atoms with van der Waals surface area (Å²) in [5.41, 5.74) is 1.63. The van der Waals surface area contributed by atoms with Crippen molar-refractivity contribution in [2.75, 3.05) is 13.7 Å². The molecule has 0 aliphatic rings. The molecule has 0 fully saturated rings. The average molecular weight is 236 g/mol. The summed E-state index contributed by atoms with van der Waals surface area (Å²) in [7, 11) is 1.32. The van der Waals surface area contributed by atoms with Gasteiger partial charge >= 0.3 is 11.9 Å². The van der Waals surface area contributed by atoms with Crippen LogP contribution in [0.5, 0.6) is 0 Å². The molecule has 0 aromatic heterocycles. The Kier molecular flexibility index (Phi) is 4.69. The van der Waals surface area contributed by atoms with Crippen molar-refractivity contribution in [3.8, 4) is 0 Å². The SMILES string of the molecule is CCOC(=O)c1ccc(CC)c(C(=O)OC)c1. The van der Waals surface area contributed by atoms with Gasteiger partial charge in [0.15, 0.2) is 0 Å². The van der Waals surface area contributed by atoms with Crippen molar-refractivity contribution in [2.24, 2.45) is 0 Å². The zero-order chi connectivity index (χ0) is 12.8. The summed E-state index contributed by atoms with van der Waals surface area (Å²) in [6.07, 6.45) is 0.702. The molecule has 0 radical (unpaired) electrons. The Balaban J connectivity index is 3.13. The van der Waals surface area contributed by atoms with Crippen LogP contribution in [-0.4, -0.2) is 25.7 Å². The first-order valence-corrected chi connectivity index (χ1v) is 5.52. The maximum Gasteiger partial charge on any atom is 0.338 e. The fourth-order valence-electron chi connectivity index (χ4n) is 1.53. The van der Waals surface area contributed by atoms with Crippen molar-refractivity contribution in [3.63, 3.8) is 0 Å². The van der Waals surface area contributed by atoms with Crippen LogP contribution < -0.4 is 0 Å². The van der Waals surface area contributed by atoms with E-state index in [1.54, 1.807) is 19.1 Å². The van der Waals surface area contributed by atoms with Gasteiger partial charge < -0.3 is 9.47 Å². The standard InChI is InChI=1S/C13H16O4/c1-4-9-6-7-10(12(14)17-5-2)8-11(9)13(15)16-3/h6-8H,4-5H2,1-3H3. The molecule has 0 spiro atoms. The highest BCUT2D eigenvalue weighted by Crippen LogP contribution is 2.15. The van der Waals surface area contributed by atoms with Crippen LogP contribution in [0.3, 0.4) is 0 Å². The van der Waals surface area contributed by atoms with E-state index < -0.39 is 11.9 Å². The molecule has 4 heteroatoms. The van der Waals surface area contributed by atoms with Gasteiger partial charge in [-0.15, -0.1) is 0 Å². The van der Waals surface area contributed by atoms with Gasteiger partial charge in [-0.05, 0) is 31.0 Å². The molecule has 1 rings (SSSR count). The van der Waals surface area contributed by atoms with Gasteiger partial charge in [0.2, 0.25) is 0 Å². The minimum atomic E-state index is -0.437. The zero-order valence-corrected chi connectivity index (χ0v) is 10.3.